The summed E-state index contributed by atoms with van der Waals surface area (Å²) >= 11 is 0. The molecule has 0 unspecified atom stereocenters. The van der Waals surface area contributed by atoms with Crippen LogP contribution in [0.25, 0.3) is 10.9 Å². The second-order valence-electron chi connectivity index (χ2n) is 7.67. The van der Waals surface area contributed by atoms with Crippen molar-refractivity contribution in [3.8, 4) is 0 Å². The molecule has 0 spiro atoms. The van der Waals surface area contributed by atoms with Crippen molar-refractivity contribution in [1.29, 1.82) is 0 Å². The molecule has 1 amide bonds. The van der Waals surface area contributed by atoms with E-state index in [4.69, 9.17) is 5.73 Å². The van der Waals surface area contributed by atoms with Gasteiger partial charge in [-0.3, -0.25) is 4.79 Å². The predicted molar refractivity (Wildman–Crippen MR) is 110 cm³/mol. The van der Waals surface area contributed by atoms with Crippen molar-refractivity contribution in [3.05, 3.63) is 71.7 Å². The van der Waals surface area contributed by atoms with E-state index in [0.29, 0.717) is 6.04 Å². The maximum absolute atomic E-state index is 13.8. The van der Waals surface area contributed by atoms with E-state index in [1.165, 1.54) is 17.0 Å². The lowest BCUT2D eigenvalue weighted by atomic mass is 10.0. The highest BCUT2D eigenvalue weighted by molar-refractivity contribution is 5.83. The van der Waals surface area contributed by atoms with Crippen LogP contribution in [0.5, 0.6) is 0 Å². The van der Waals surface area contributed by atoms with Gasteiger partial charge in [-0.05, 0) is 54.0 Å². The number of halogens is 1. The SMILES string of the molecule is NC(=O)Cc1ccc2ccn(C3CCN(CCc4ccccc4F)CC3)c2c1. The van der Waals surface area contributed by atoms with Crippen molar-refractivity contribution in [3.63, 3.8) is 0 Å². The number of carbonyl (C=O) groups is 1. The van der Waals surface area contributed by atoms with Gasteiger partial charge < -0.3 is 15.2 Å². The monoisotopic (exact) mass is 379 g/mol. The molecule has 1 aromatic heterocycles. The Kier molecular flexibility index (Phi) is 5.44. The highest BCUT2D eigenvalue weighted by atomic mass is 19.1. The third-order valence-corrected chi connectivity index (χ3v) is 5.77. The van der Waals surface area contributed by atoms with E-state index in [9.17, 15) is 9.18 Å². The molecule has 0 radical (unpaired) electrons. The fraction of sp³-hybridized carbons (Fsp3) is 0.348. The van der Waals surface area contributed by atoms with E-state index in [1.54, 1.807) is 6.07 Å². The average Bonchev–Trinajstić information content (AvgIpc) is 3.10. The van der Waals surface area contributed by atoms with E-state index >= 15 is 0 Å². The first-order valence-electron chi connectivity index (χ1n) is 9.94. The number of amides is 1. The summed E-state index contributed by atoms with van der Waals surface area (Å²) < 4.78 is 16.1. The molecular formula is C23H26FN3O. The normalized spacial score (nSPS) is 15.9. The zero-order valence-electron chi connectivity index (χ0n) is 16.0. The molecule has 2 N–H and O–H groups in total. The molecule has 1 fully saturated rings. The molecule has 1 saturated heterocycles. The number of hydrogen-bond acceptors (Lipinski definition) is 2. The summed E-state index contributed by atoms with van der Waals surface area (Å²) in [6.07, 6.45) is 5.32. The van der Waals surface area contributed by atoms with Gasteiger partial charge in [-0.1, -0.05) is 30.3 Å². The van der Waals surface area contributed by atoms with Gasteiger partial charge in [0.1, 0.15) is 5.82 Å². The van der Waals surface area contributed by atoms with Gasteiger partial charge in [-0.2, -0.15) is 0 Å². The Balaban J connectivity index is 1.39. The van der Waals surface area contributed by atoms with Crippen LogP contribution < -0.4 is 5.73 Å². The number of benzene rings is 2. The zero-order chi connectivity index (χ0) is 19.5. The molecule has 4 nitrogen and oxygen atoms in total. The Hall–Kier alpha value is -2.66. The Morgan fingerprint density at radius 2 is 1.89 bits per heavy atom. The summed E-state index contributed by atoms with van der Waals surface area (Å²) in [5.41, 5.74) is 8.27. The minimum atomic E-state index is -0.305. The van der Waals surface area contributed by atoms with Crippen molar-refractivity contribution in [2.24, 2.45) is 5.73 Å². The Bertz CT molecular complexity index is 973. The maximum Gasteiger partial charge on any atom is 0.221 e. The van der Waals surface area contributed by atoms with Gasteiger partial charge in [0, 0.05) is 37.4 Å². The number of piperidine rings is 1. The van der Waals surface area contributed by atoms with Crippen LogP contribution in [0.4, 0.5) is 4.39 Å². The molecule has 146 valence electrons. The number of nitrogens with zero attached hydrogens (tertiary/aromatic N) is 2. The lowest BCUT2D eigenvalue weighted by Gasteiger charge is -2.33. The Morgan fingerprint density at radius 1 is 1.11 bits per heavy atom. The summed E-state index contributed by atoms with van der Waals surface area (Å²) in [5.74, 6) is -0.413. The molecule has 4 rings (SSSR count). The lowest BCUT2D eigenvalue weighted by Crippen LogP contribution is -2.35. The summed E-state index contributed by atoms with van der Waals surface area (Å²) in [6, 6.07) is 15.7. The number of nitrogens with two attached hydrogens (primary N) is 1. The van der Waals surface area contributed by atoms with Gasteiger partial charge >= 0.3 is 0 Å². The number of carbonyl (C=O) groups excluding carboxylic acids is 1. The number of primary amides is 1. The number of fused-ring (bicyclic) bond motifs is 1. The van der Waals surface area contributed by atoms with Crippen LogP contribution in [0.15, 0.2) is 54.7 Å². The second kappa shape index (κ2) is 8.15. The molecule has 2 aromatic carbocycles. The summed E-state index contributed by atoms with van der Waals surface area (Å²) in [5, 5.41) is 1.19. The average molecular weight is 379 g/mol. The summed E-state index contributed by atoms with van der Waals surface area (Å²) in [6.45, 7) is 2.92. The standard InChI is InChI=1S/C23H26FN3O/c24-21-4-2-1-3-18(21)7-11-26-12-9-20(10-13-26)27-14-8-19-6-5-17(15-22(19)27)16-23(25)28/h1-6,8,14-15,20H,7,9-13,16H2,(H2,25,28). The molecule has 0 bridgehead atoms. The minimum absolute atomic E-state index is 0.108. The van der Waals surface area contributed by atoms with Gasteiger partial charge in [-0.15, -0.1) is 0 Å². The highest BCUT2D eigenvalue weighted by Gasteiger charge is 2.21. The van der Waals surface area contributed by atoms with Crippen molar-refractivity contribution < 1.29 is 9.18 Å². The van der Waals surface area contributed by atoms with Gasteiger partial charge in [0.15, 0.2) is 0 Å². The van der Waals surface area contributed by atoms with Gasteiger partial charge in [0.05, 0.1) is 6.42 Å². The second-order valence-corrected chi connectivity index (χ2v) is 7.67. The van der Waals surface area contributed by atoms with E-state index in [2.05, 4.69) is 33.9 Å². The van der Waals surface area contributed by atoms with Crippen LogP contribution in [-0.2, 0) is 17.6 Å². The molecule has 1 aliphatic heterocycles. The quantitative estimate of drug-likeness (QED) is 0.710. The summed E-state index contributed by atoms with van der Waals surface area (Å²) in [4.78, 5) is 13.7. The highest BCUT2D eigenvalue weighted by Crippen LogP contribution is 2.28. The van der Waals surface area contributed by atoms with Gasteiger partial charge in [-0.25, -0.2) is 4.39 Å². The third kappa shape index (κ3) is 4.09. The van der Waals surface area contributed by atoms with Crippen LogP contribution >= 0.6 is 0 Å². The van der Waals surface area contributed by atoms with Crippen LogP contribution in [0, 0.1) is 5.82 Å². The van der Waals surface area contributed by atoms with E-state index < -0.39 is 0 Å². The molecule has 1 aliphatic rings. The molecule has 0 aliphatic carbocycles. The molecular weight excluding hydrogens is 353 g/mol. The minimum Gasteiger partial charge on any atom is -0.369 e. The van der Waals surface area contributed by atoms with Crippen molar-refractivity contribution >= 4 is 16.8 Å². The van der Waals surface area contributed by atoms with Crippen molar-refractivity contribution in [1.82, 2.24) is 9.47 Å². The first kappa shape index (κ1) is 18.7. The molecule has 0 atom stereocenters. The molecule has 0 saturated carbocycles. The van der Waals surface area contributed by atoms with E-state index in [0.717, 1.165) is 50.0 Å². The number of likely N-dealkylation sites (tertiary alicyclic amines) is 1. The molecule has 3 aromatic rings. The number of rotatable bonds is 6. The van der Waals surface area contributed by atoms with Crippen LogP contribution in [0.1, 0.15) is 30.0 Å². The fourth-order valence-corrected chi connectivity index (χ4v) is 4.23. The third-order valence-electron chi connectivity index (χ3n) is 5.77. The van der Waals surface area contributed by atoms with Crippen LogP contribution in [0.3, 0.4) is 0 Å². The summed E-state index contributed by atoms with van der Waals surface area (Å²) in [7, 11) is 0. The molecule has 5 heteroatoms. The van der Waals surface area contributed by atoms with E-state index in [-0.39, 0.29) is 18.1 Å². The lowest BCUT2D eigenvalue weighted by molar-refractivity contribution is -0.117. The maximum atomic E-state index is 13.8. The van der Waals surface area contributed by atoms with Gasteiger partial charge in [0.2, 0.25) is 5.91 Å². The number of hydrogen-bond donors (Lipinski definition) is 1. The van der Waals surface area contributed by atoms with Gasteiger partial charge in [0.25, 0.3) is 0 Å². The fourth-order valence-electron chi connectivity index (χ4n) is 4.23. The van der Waals surface area contributed by atoms with Crippen LogP contribution in [-0.4, -0.2) is 35.0 Å². The number of aromatic nitrogens is 1. The largest absolute Gasteiger partial charge is 0.369 e. The topological polar surface area (TPSA) is 51.3 Å². The zero-order valence-corrected chi connectivity index (χ0v) is 16.0. The van der Waals surface area contributed by atoms with Crippen molar-refractivity contribution in [2.45, 2.75) is 31.7 Å². The smallest absolute Gasteiger partial charge is 0.221 e. The Labute approximate surface area is 164 Å². The van der Waals surface area contributed by atoms with Crippen LogP contribution in [0.2, 0.25) is 0 Å². The van der Waals surface area contributed by atoms with Crippen molar-refractivity contribution in [2.75, 3.05) is 19.6 Å². The predicted octanol–water partition coefficient (Wildman–Crippen LogP) is 3.69. The molecule has 28 heavy (non-hydrogen) atoms. The first-order chi connectivity index (χ1) is 13.6. The first-order valence-corrected chi connectivity index (χ1v) is 9.94. The van der Waals surface area contributed by atoms with E-state index in [1.807, 2.05) is 18.2 Å². The Morgan fingerprint density at radius 3 is 2.64 bits per heavy atom. The molecule has 2 heterocycles.